The quantitative estimate of drug-likeness (QED) is 0.938. The van der Waals surface area contributed by atoms with Gasteiger partial charge in [0, 0.05) is 24.1 Å². The first-order valence-corrected chi connectivity index (χ1v) is 6.19. The molecule has 0 aliphatic carbocycles. The summed E-state index contributed by atoms with van der Waals surface area (Å²) in [4.78, 5) is 11.3. The highest BCUT2D eigenvalue weighted by Gasteiger charge is 2.21. The Balaban J connectivity index is 2.23. The number of hydrogen-bond donors (Lipinski definition) is 1. The number of hydrogen-bond acceptors (Lipinski definition) is 3. The molecule has 0 radical (unpaired) electrons. The van der Waals surface area contributed by atoms with E-state index in [0.717, 1.165) is 10.0 Å². The molecular formula is C12H12BrN3O2. The van der Waals surface area contributed by atoms with Gasteiger partial charge >= 0.3 is 5.97 Å². The highest BCUT2D eigenvalue weighted by Crippen LogP contribution is 2.22. The maximum Gasteiger partial charge on any atom is 0.311 e. The first kappa shape index (κ1) is 12.8. The third-order valence-electron chi connectivity index (χ3n) is 2.63. The number of nitrogens with zero attached hydrogens (tertiary/aromatic N) is 3. The first-order valence-electron chi connectivity index (χ1n) is 5.39. The molecule has 0 saturated heterocycles. The largest absolute Gasteiger partial charge is 0.481 e. The van der Waals surface area contributed by atoms with Gasteiger partial charge in [-0.05, 0) is 17.7 Å². The summed E-state index contributed by atoms with van der Waals surface area (Å²) in [5.41, 5.74) is 1.43. The van der Waals surface area contributed by atoms with Gasteiger partial charge in [-0.3, -0.25) is 9.48 Å². The van der Waals surface area contributed by atoms with Gasteiger partial charge in [-0.15, -0.1) is 5.10 Å². The number of carbonyl (C=O) groups is 1. The molecule has 0 saturated carbocycles. The fraction of sp³-hybridized carbons (Fsp3) is 0.250. The van der Waals surface area contributed by atoms with E-state index in [-0.39, 0.29) is 0 Å². The Labute approximate surface area is 113 Å². The lowest BCUT2D eigenvalue weighted by Gasteiger charge is -2.11. The van der Waals surface area contributed by atoms with Gasteiger partial charge < -0.3 is 5.11 Å². The summed E-state index contributed by atoms with van der Waals surface area (Å²) >= 11 is 3.33. The van der Waals surface area contributed by atoms with E-state index in [1.807, 2.05) is 12.1 Å². The minimum Gasteiger partial charge on any atom is -0.481 e. The average molecular weight is 310 g/mol. The second-order valence-electron chi connectivity index (χ2n) is 4.03. The number of carboxylic acids is 1. The van der Waals surface area contributed by atoms with Crippen LogP contribution in [0.25, 0.3) is 0 Å². The maximum atomic E-state index is 11.3. The normalized spacial score (nSPS) is 12.3. The lowest BCUT2D eigenvalue weighted by molar-refractivity contribution is -0.138. The molecule has 18 heavy (non-hydrogen) atoms. The molecule has 0 amide bonds. The number of rotatable bonds is 4. The summed E-state index contributed by atoms with van der Waals surface area (Å²) in [6.07, 6.45) is 2.07. The van der Waals surface area contributed by atoms with Gasteiger partial charge in [0.1, 0.15) is 0 Å². The van der Waals surface area contributed by atoms with Gasteiger partial charge in [-0.2, -0.15) is 0 Å². The zero-order valence-corrected chi connectivity index (χ0v) is 11.3. The first-order chi connectivity index (χ1) is 8.56. The van der Waals surface area contributed by atoms with E-state index in [1.165, 1.54) is 0 Å². The molecule has 1 aromatic heterocycles. The fourth-order valence-electron chi connectivity index (χ4n) is 1.74. The second-order valence-corrected chi connectivity index (χ2v) is 4.95. The highest BCUT2D eigenvalue weighted by atomic mass is 79.9. The smallest absolute Gasteiger partial charge is 0.311 e. The SMILES string of the molecule is Cn1cc(CC(C(=O)O)c2ccc(Br)cc2)nn1. The molecule has 0 bridgehead atoms. The van der Waals surface area contributed by atoms with Gasteiger partial charge in [0.25, 0.3) is 0 Å². The average Bonchev–Trinajstić information content (AvgIpc) is 2.73. The van der Waals surface area contributed by atoms with Gasteiger partial charge in [-0.1, -0.05) is 33.3 Å². The third kappa shape index (κ3) is 2.95. The monoisotopic (exact) mass is 309 g/mol. The summed E-state index contributed by atoms with van der Waals surface area (Å²) in [6.45, 7) is 0. The Morgan fingerprint density at radius 3 is 2.61 bits per heavy atom. The lowest BCUT2D eigenvalue weighted by atomic mass is 9.95. The van der Waals surface area contributed by atoms with Crippen LogP contribution < -0.4 is 0 Å². The van der Waals surface area contributed by atoms with Crippen molar-refractivity contribution in [1.29, 1.82) is 0 Å². The Morgan fingerprint density at radius 2 is 2.11 bits per heavy atom. The van der Waals surface area contributed by atoms with Gasteiger partial charge in [-0.25, -0.2) is 0 Å². The van der Waals surface area contributed by atoms with Crippen molar-refractivity contribution < 1.29 is 9.90 Å². The van der Waals surface area contributed by atoms with Crippen molar-refractivity contribution in [3.63, 3.8) is 0 Å². The zero-order chi connectivity index (χ0) is 13.1. The molecule has 0 aliphatic rings. The van der Waals surface area contributed by atoms with E-state index in [2.05, 4.69) is 26.2 Å². The second kappa shape index (κ2) is 5.30. The van der Waals surface area contributed by atoms with E-state index >= 15 is 0 Å². The molecule has 1 N–H and O–H groups in total. The van der Waals surface area contributed by atoms with Crippen molar-refractivity contribution in [2.45, 2.75) is 12.3 Å². The van der Waals surface area contributed by atoms with Crippen LogP contribution in [0.1, 0.15) is 17.2 Å². The summed E-state index contributed by atoms with van der Waals surface area (Å²) in [7, 11) is 1.76. The van der Waals surface area contributed by atoms with E-state index in [4.69, 9.17) is 0 Å². The molecule has 1 atom stereocenters. The molecule has 0 spiro atoms. The van der Waals surface area contributed by atoms with Gasteiger partial charge in [0.05, 0.1) is 11.6 Å². The zero-order valence-electron chi connectivity index (χ0n) is 9.75. The predicted molar refractivity (Wildman–Crippen MR) is 69.2 cm³/mol. The Morgan fingerprint density at radius 1 is 1.44 bits per heavy atom. The maximum absolute atomic E-state index is 11.3. The summed E-state index contributed by atoms with van der Waals surface area (Å²) in [5.74, 6) is -1.46. The highest BCUT2D eigenvalue weighted by molar-refractivity contribution is 9.10. The van der Waals surface area contributed by atoms with E-state index in [9.17, 15) is 9.90 Å². The van der Waals surface area contributed by atoms with Crippen LogP contribution in [0.3, 0.4) is 0 Å². The molecule has 1 heterocycles. The summed E-state index contributed by atoms with van der Waals surface area (Å²) < 4.78 is 2.49. The molecule has 1 aromatic carbocycles. The molecule has 1 unspecified atom stereocenters. The minimum atomic E-state index is -0.858. The van der Waals surface area contributed by atoms with E-state index < -0.39 is 11.9 Å². The van der Waals surface area contributed by atoms with Crippen LogP contribution >= 0.6 is 15.9 Å². The van der Waals surface area contributed by atoms with Crippen LogP contribution in [0, 0.1) is 0 Å². The predicted octanol–water partition coefficient (Wildman–Crippen LogP) is 1.99. The van der Waals surface area contributed by atoms with Crippen LogP contribution in [-0.2, 0) is 18.3 Å². The molecule has 0 fully saturated rings. The van der Waals surface area contributed by atoms with Crippen molar-refractivity contribution in [2.75, 3.05) is 0 Å². The lowest BCUT2D eigenvalue weighted by Crippen LogP contribution is -2.14. The molecular weight excluding hydrogens is 298 g/mol. The number of aryl methyl sites for hydroxylation is 1. The van der Waals surface area contributed by atoms with Crippen molar-refractivity contribution in [3.8, 4) is 0 Å². The van der Waals surface area contributed by atoms with Crippen LogP contribution in [0.15, 0.2) is 34.9 Å². The van der Waals surface area contributed by atoms with Crippen molar-refractivity contribution >= 4 is 21.9 Å². The number of aromatic nitrogens is 3. The van der Waals surface area contributed by atoms with E-state index in [0.29, 0.717) is 12.1 Å². The minimum absolute atomic E-state index is 0.338. The standard InChI is InChI=1S/C12H12BrN3O2/c1-16-7-10(14-15-16)6-11(12(17)18)8-2-4-9(13)5-3-8/h2-5,7,11H,6H2,1H3,(H,17,18). The van der Waals surface area contributed by atoms with Crippen LogP contribution in [0.4, 0.5) is 0 Å². The molecule has 2 aromatic rings. The molecule has 2 rings (SSSR count). The topological polar surface area (TPSA) is 68.0 Å². The molecule has 5 nitrogen and oxygen atoms in total. The van der Waals surface area contributed by atoms with Crippen LogP contribution in [-0.4, -0.2) is 26.1 Å². The molecule has 6 heteroatoms. The Kier molecular flexibility index (Phi) is 3.76. The van der Waals surface area contributed by atoms with Crippen molar-refractivity contribution in [1.82, 2.24) is 15.0 Å². The van der Waals surface area contributed by atoms with Gasteiger partial charge in [0.2, 0.25) is 0 Å². The third-order valence-corrected chi connectivity index (χ3v) is 3.16. The van der Waals surface area contributed by atoms with Crippen LogP contribution in [0.2, 0.25) is 0 Å². The number of aliphatic carboxylic acids is 1. The Hall–Kier alpha value is -1.69. The number of carboxylic acid groups (broad SMARTS) is 1. The number of halogens is 1. The fourth-order valence-corrected chi connectivity index (χ4v) is 2.01. The summed E-state index contributed by atoms with van der Waals surface area (Å²) in [6, 6.07) is 7.28. The van der Waals surface area contributed by atoms with Crippen molar-refractivity contribution in [3.05, 3.63) is 46.2 Å². The Bertz CT molecular complexity index is 551. The van der Waals surface area contributed by atoms with E-state index in [1.54, 1.807) is 30.1 Å². The number of benzene rings is 1. The molecule has 94 valence electrons. The summed E-state index contributed by atoms with van der Waals surface area (Å²) in [5, 5.41) is 17.0. The van der Waals surface area contributed by atoms with Gasteiger partial charge in [0.15, 0.2) is 0 Å². The van der Waals surface area contributed by atoms with Crippen molar-refractivity contribution in [2.24, 2.45) is 7.05 Å². The van der Waals surface area contributed by atoms with Crippen LogP contribution in [0.5, 0.6) is 0 Å². The molecule has 0 aliphatic heterocycles.